The molecule has 17 heavy (non-hydrogen) atoms. The number of hydrogen-bond acceptors (Lipinski definition) is 2. The van der Waals surface area contributed by atoms with E-state index in [2.05, 4.69) is 55.4 Å². The van der Waals surface area contributed by atoms with Crippen LogP contribution in [0.4, 0.5) is 5.69 Å². The second-order valence-corrected chi connectivity index (χ2v) is 5.41. The summed E-state index contributed by atoms with van der Waals surface area (Å²) in [5.74, 6) is 0.829. The molecular formula is C15H24N2. The molecule has 0 radical (unpaired) electrons. The zero-order valence-corrected chi connectivity index (χ0v) is 11.2. The predicted molar refractivity (Wildman–Crippen MR) is 74.6 cm³/mol. The molecule has 2 rings (SSSR count). The molecule has 0 amide bonds. The van der Waals surface area contributed by atoms with E-state index < -0.39 is 0 Å². The van der Waals surface area contributed by atoms with E-state index in [-0.39, 0.29) is 0 Å². The van der Waals surface area contributed by atoms with Crippen molar-refractivity contribution < 1.29 is 0 Å². The maximum Gasteiger partial charge on any atom is 0.0393 e. The molecule has 0 aliphatic carbocycles. The second kappa shape index (κ2) is 5.54. The van der Waals surface area contributed by atoms with Crippen molar-refractivity contribution in [2.24, 2.45) is 5.92 Å². The Morgan fingerprint density at radius 1 is 1.35 bits per heavy atom. The number of nitrogens with one attached hydrogen (secondary N) is 1. The van der Waals surface area contributed by atoms with E-state index in [1.807, 2.05) is 0 Å². The highest BCUT2D eigenvalue weighted by atomic mass is 15.1. The Balaban J connectivity index is 1.97. The molecule has 0 aromatic heterocycles. The van der Waals surface area contributed by atoms with Gasteiger partial charge in [-0.15, -0.1) is 0 Å². The van der Waals surface area contributed by atoms with Crippen molar-refractivity contribution in [3.05, 3.63) is 29.8 Å². The third-order valence-electron chi connectivity index (χ3n) is 3.79. The number of nitrogens with zero attached hydrogens (tertiary/aromatic N) is 1. The molecule has 2 unspecified atom stereocenters. The molecule has 1 heterocycles. The summed E-state index contributed by atoms with van der Waals surface area (Å²) >= 11 is 0. The molecule has 1 aliphatic heterocycles. The van der Waals surface area contributed by atoms with Gasteiger partial charge in [-0.2, -0.15) is 0 Å². The standard InChI is InChI=1S/C15H24N2/c1-12-6-4-5-7-15(12)17(3)11-14-8-9-16-13(2)10-14/h4-7,13-14,16H,8-11H2,1-3H3. The van der Waals surface area contributed by atoms with Crippen molar-refractivity contribution in [2.75, 3.05) is 25.0 Å². The molecule has 1 aromatic rings. The maximum atomic E-state index is 3.52. The van der Waals surface area contributed by atoms with E-state index in [9.17, 15) is 0 Å². The van der Waals surface area contributed by atoms with Gasteiger partial charge in [-0.25, -0.2) is 0 Å². The van der Waals surface area contributed by atoms with Crippen LogP contribution in [-0.2, 0) is 0 Å². The van der Waals surface area contributed by atoms with Crippen LogP contribution in [0.15, 0.2) is 24.3 Å². The van der Waals surface area contributed by atoms with E-state index in [4.69, 9.17) is 0 Å². The summed E-state index contributed by atoms with van der Waals surface area (Å²) in [5.41, 5.74) is 2.75. The summed E-state index contributed by atoms with van der Waals surface area (Å²) in [7, 11) is 2.22. The van der Waals surface area contributed by atoms with Crippen molar-refractivity contribution in [3.63, 3.8) is 0 Å². The topological polar surface area (TPSA) is 15.3 Å². The molecule has 1 fully saturated rings. The van der Waals surface area contributed by atoms with Crippen LogP contribution in [0, 0.1) is 12.8 Å². The quantitative estimate of drug-likeness (QED) is 0.862. The summed E-state index contributed by atoms with van der Waals surface area (Å²) in [6, 6.07) is 9.33. The third kappa shape index (κ3) is 3.22. The molecule has 0 bridgehead atoms. The minimum absolute atomic E-state index is 0.680. The lowest BCUT2D eigenvalue weighted by molar-refractivity contribution is 0.319. The Hall–Kier alpha value is -1.02. The Morgan fingerprint density at radius 3 is 2.82 bits per heavy atom. The number of piperidine rings is 1. The zero-order valence-electron chi connectivity index (χ0n) is 11.2. The maximum absolute atomic E-state index is 3.52. The highest BCUT2D eigenvalue weighted by Gasteiger charge is 2.19. The fourth-order valence-electron chi connectivity index (χ4n) is 2.88. The summed E-state index contributed by atoms with van der Waals surface area (Å²) in [6.07, 6.45) is 2.61. The molecular weight excluding hydrogens is 208 g/mol. The summed E-state index contributed by atoms with van der Waals surface area (Å²) < 4.78 is 0. The van der Waals surface area contributed by atoms with Gasteiger partial charge >= 0.3 is 0 Å². The first-order chi connectivity index (χ1) is 8.16. The van der Waals surface area contributed by atoms with Gasteiger partial charge in [0.1, 0.15) is 0 Å². The van der Waals surface area contributed by atoms with Gasteiger partial charge in [0.25, 0.3) is 0 Å². The van der Waals surface area contributed by atoms with Crippen LogP contribution in [0.2, 0.25) is 0 Å². The molecule has 0 saturated carbocycles. The number of hydrogen-bond donors (Lipinski definition) is 1. The van der Waals surface area contributed by atoms with Gasteiger partial charge in [-0.1, -0.05) is 18.2 Å². The number of rotatable bonds is 3. The molecule has 1 aliphatic rings. The minimum Gasteiger partial charge on any atom is -0.374 e. The molecule has 2 heteroatoms. The average Bonchev–Trinajstić information content (AvgIpc) is 2.29. The molecule has 0 spiro atoms. The molecule has 2 nitrogen and oxygen atoms in total. The normalized spacial score (nSPS) is 24.6. The van der Waals surface area contributed by atoms with Crippen molar-refractivity contribution in [1.29, 1.82) is 0 Å². The van der Waals surface area contributed by atoms with Gasteiger partial charge in [-0.05, 0) is 50.8 Å². The molecule has 1 saturated heterocycles. The monoisotopic (exact) mass is 232 g/mol. The molecule has 2 atom stereocenters. The summed E-state index contributed by atoms with van der Waals surface area (Å²) in [5, 5.41) is 3.52. The largest absolute Gasteiger partial charge is 0.374 e. The van der Waals surface area contributed by atoms with Crippen molar-refractivity contribution in [1.82, 2.24) is 5.32 Å². The summed E-state index contributed by atoms with van der Waals surface area (Å²) in [6.45, 7) is 6.83. The zero-order chi connectivity index (χ0) is 12.3. The van der Waals surface area contributed by atoms with Crippen LogP contribution in [0.3, 0.4) is 0 Å². The Labute approximate surface area is 105 Å². The van der Waals surface area contributed by atoms with Gasteiger partial charge in [0, 0.05) is 25.3 Å². The van der Waals surface area contributed by atoms with E-state index in [0.717, 1.165) is 5.92 Å². The fourth-order valence-corrected chi connectivity index (χ4v) is 2.88. The first-order valence-corrected chi connectivity index (χ1v) is 6.67. The fraction of sp³-hybridized carbons (Fsp3) is 0.600. The Morgan fingerprint density at radius 2 is 2.12 bits per heavy atom. The lowest BCUT2D eigenvalue weighted by Gasteiger charge is -2.32. The van der Waals surface area contributed by atoms with E-state index in [1.165, 1.54) is 37.2 Å². The summed E-state index contributed by atoms with van der Waals surface area (Å²) in [4.78, 5) is 2.41. The van der Waals surface area contributed by atoms with Crippen LogP contribution >= 0.6 is 0 Å². The highest BCUT2D eigenvalue weighted by Crippen LogP contribution is 2.22. The number of benzene rings is 1. The predicted octanol–water partition coefficient (Wildman–Crippen LogP) is 2.82. The number of anilines is 1. The van der Waals surface area contributed by atoms with Crippen LogP contribution < -0.4 is 10.2 Å². The van der Waals surface area contributed by atoms with E-state index in [0.29, 0.717) is 6.04 Å². The average molecular weight is 232 g/mol. The van der Waals surface area contributed by atoms with Crippen molar-refractivity contribution >= 4 is 5.69 Å². The van der Waals surface area contributed by atoms with Crippen molar-refractivity contribution in [2.45, 2.75) is 32.7 Å². The van der Waals surface area contributed by atoms with Crippen LogP contribution in [-0.4, -0.2) is 26.2 Å². The molecule has 1 N–H and O–H groups in total. The first kappa shape index (κ1) is 12.4. The molecule has 94 valence electrons. The number of aryl methyl sites for hydroxylation is 1. The first-order valence-electron chi connectivity index (χ1n) is 6.67. The van der Waals surface area contributed by atoms with E-state index >= 15 is 0 Å². The Bertz CT molecular complexity index is 362. The van der Waals surface area contributed by atoms with Crippen LogP contribution in [0.25, 0.3) is 0 Å². The highest BCUT2D eigenvalue weighted by molar-refractivity contribution is 5.52. The van der Waals surface area contributed by atoms with Gasteiger partial charge < -0.3 is 10.2 Å². The van der Waals surface area contributed by atoms with Gasteiger partial charge in [-0.3, -0.25) is 0 Å². The third-order valence-corrected chi connectivity index (χ3v) is 3.79. The minimum atomic E-state index is 0.680. The second-order valence-electron chi connectivity index (χ2n) is 5.41. The SMILES string of the molecule is Cc1ccccc1N(C)CC1CCNC(C)C1. The van der Waals surface area contributed by atoms with Gasteiger partial charge in [0.05, 0.1) is 0 Å². The van der Waals surface area contributed by atoms with E-state index in [1.54, 1.807) is 0 Å². The lowest BCUT2D eigenvalue weighted by Crippen LogP contribution is -2.39. The van der Waals surface area contributed by atoms with Crippen molar-refractivity contribution in [3.8, 4) is 0 Å². The van der Waals surface area contributed by atoms with Gasteiger partial charge in [0.2, 0.25) is 0 Å². The number of para-hydroxylation sites is 1. The van der Waals surface area contributed by atoms with Crippen LogP contribution in [0.1, 0.15) is 25.3 Å². The smallest absolute Gasteiger partial charge is 0.0393 e. The Kier molecular flexibility index (Phi) is 4.06. The van der Waals surface area contributed by atoms with Gasteiger partial charge in [0.15, 0.2) is 0 Å². The lowest BCUT2D eigenvalue weighted by atomic mass is 9.92. The molecule has 1 aromatic carbocycles. The van der Waals surface area contributed by atoms with Crippen LogP contribution in [0.5, 0.6) is 0 Å².